The third-order valence-corrected chi connectivity index (χ3v) is 4.63. The Bertz CT molecular complexity index is 1010. The zero-order valence-corrected chi connectivity index (χ0v) is 15.5. The van der Waals surface area contributed by atoms with Gasteiger partial charge < -0.3 is 14.5 Å². The summed E-state index contributed by atoms with van der Waals surface area (Å²) in [6, 6.07) is 10.2. The zero-order valence-electron chi connectivity index (χ0n) is 14.7. The Morgan fingerprint density at radius 3 is 2.70 bits per heavy atom. The Labute approximate surface area is 160 Å². The maximum absolute atomic E-state index is 13.5. The average molecular weight is 390 g/mol. The molecule has 0 fully saturated rings. The van der Waals surface area contributed by atoms with E-state index in [1.54, 1.807) is 31.2 Å². The van der Waals surface area contributed by atoms with E-state index in [0.717, 1.165) is 0 Å². The molecule has 0 aliphatic rings. The molecule has 0 aliphatic carbocycles. The van der Waals surface area contributed by atoms with Crippen LogP contribution in [0, 0.1) is 12.7 Å². The normalized spacial score (nSPS) is 12.0. The molecule has 140 valence electrons. The van der Waals surface area contributed by atoms with E-state index in [2.05, 4.69) is 5.32 Å². The standard InChI is InChI=1S/C20H17ClFNO4/c1-11-14-9-12(22)7-8-17(14)27-19(11)20(25)23-16(10-18(24)26-2)13-5-3-4-6-15(13)21/h3-9,16H,10H2,1-2H3,(H,23,25). The first-order valence-electron chi connectivity index (χ1n) is 8.21. The first-order valence-corrected chi connectivity index (χ1v) is 8.59. The number of halogens is 2. The first-order chi connectivity index (χ1) is 12.9. The highest BCUT2D eigenvalue weighted by molar-refractivity contribution is 6.31. The fourth-order valence-electron chi connectivity index (χ4n) is 2.88. The molecule has 1 aromatic heterocycles. The lowest BCUT2D eigenvalue weighted by Gasteiger charge is -2.19. The van der Waals surface area contributed by atoms with Gasteiger partial charge in [0.2, 0.25) is 0 Å². The summed E-state index contributed by atoms with van der Waals surface area (Å²) in [7, 11) is 1.27. The van der Waals surface area contributed by atoms with Crippen LogP contribution < -0.4 is 5.32 Å². The van der Waals surface area contributed by atoms with Crippen molar-refractivity contribution in [2.75, 3.05) is 7.11 Å². The molecule has 1 atom stereocenters. The predicted molar refractivity (Wildman–Crippen MR) is 99.2 cm³/mol. The summed E-state index contributed by atoms with van der Waals surface area (Å²) in [6.07, 6.45) is -0.0973. The van der Waals surface area contributed by atoms with Gasteiger partial charge >= 0.3 is 5.97 Å². The number of hydrogen-bond donors (Lipinski definition) is 1. The number of ether oxygens (including phenoxy) is 1. The lowest BCUT2D eigenvalue weighted by atomic mass is 10.0. The maximum atomic E-state index is 13.5. The molecule has 0 spiro atoms. The van der Waals surface area contributed by atoms with Crippen LogP contribution in [0.4, 0.5) is 4.39 Å². The molecule has 0 aliphatic heterocycles. The van der Waals surface area contributed by atoms with Crippen molar-refractivity contribution in [2.45, 2.75) is 19.4 Å². The number of rotatable bonds is 5. The van der Waals surface area contributed by atoms with Gasteiger partial charge in [-0.25, -0.2) is 4.39 Å². The third-order valence-electron chi connectivity index (χ3n) is 4.29. The zero-order chi connectivity index (χ0) is 19.6. The number of nitrogens with one attached hydrogen (secondary N) is 1. The van der Waals surface area contributed by atoms with Crippen LogP contribution in [0.25, 0.3) is 11.0 Å². The highest BCUT2D eigenvalue weighted by atomic mass is 35.5. The van der Waals surface area contributed by atoms with Crippen LogP contribution in [0.1, 0.15) is 34.1 Å². The number of hydrogen-bond acceptors (Lipinski definition) is 4. The van der Waals surface area contributed by atoms with Crippen LogP contribution in [-0.2, 0) is 9.53 Å². The van der Waals surface area contributed by atoms with E-state index < -0.39 is 23.7 Å². The fourth-order valence-corrected chi connectivity index (χ4v) is 3.15. The van der Waals surface area contributed by atoms with Gasteiger partial charge in [-0.2, -0.15) is 0 Å². The second-order valence-corrected chi connectivity index (χ2v) is 6.43. The first kappa shape index (κ1) is 18.9. The van der Waals surface area contributed by atoms with Gasteiger partial charge in [-0.3, -0.25) is 9.59 Å². The molecule has 1 unspecified atom stereocenters. The molecule has 0 radical (unpaired) electrons. The van der Waals surface area contributed by atoms with Crippen molar-refractivity contribution in [3.05, 3.63) is 70.2 Å². The molecular weight excluding hydrogens is 373 g/mol. The van der Waals surface area contributed by atoms with E-state index in [1.165, 1.54) is 25.3 Å². The lowest BCUT2D eigenvalue weighted by molar-refractivity contribution is -0.141. The van der Waals surface area contributed by atoms with Crippen LogP contribution >= 0.6 is 11.6 Å². The molecule has 3 rings (SSSR count). The monoisotopic (exact) mass is 389 g/mol. The van der Waals surface area contributed by atoms with Crippen LogP contribution in [0.3, 0.4) is 0 Å². The van der Waals surface area contributed by atoms with Gasteiger partial charge in [0.25, 0.3) is 5.91 Å². The number of methoxy groups -OCH3 is 1. The van der Waals surface area contributed by atoms with E-state index in [4.69, 9.17) is 20.8 Å². The number of esters is 1. The molecule has 1 N–H and O–H groups in total. The predicted octanol–water partition coefficient (Wildman–Crippen LogP) is 4.57. The lowest BCUT2D eigenvalue weighted by Crippen LogP contribution is -2.30. The molecule has 0 saturated heterocycles. The van der Waals surface area contributed by atoms with Gasteiger partial charge in [0, 0.05) is 16.0 Å². The van der Waals surface area contributed by atoms with Crippen molar-refractivity contribution < 1.29 is 23.1 Å². The topological polar surface area (TPSA) is 68.5 Å². The van der Waals surface area contributed by atoms with Crippen LogP contribution in [0.15, 0.2) is 46.9 Å². The second-order valence-electron chi connectivity index (χ2n) is 6.02. The SMILES string of the molecule is COC(=O)CC(NC(=O)c1oc2ccc(F)cc2c1C)c1ccccc1Cl. The molecule has 2 aromatic carbocycles. The summed E-state index contributed by atoms with van der Waals surface area (Å²) >= 11 is 6.22. The molecule has 5 nitrogen and oxygen atoms in total. The number of aryl methyl sites for hydroxylation is 1. The van der Waals surface area contributed by atoms with Gasteiger partial charge in [-0.15, -0.1) is 0 Å². The number of amides is 1. The molecule has 0 saturated carbocycles. The minimum absolute atomic E-state index is 0.0533. The number of carbonyl (C=O) groups excluding carboxylic acids is 2. The highest BCUT2D eigenvalue weighted by Crippen LogP contribution is 2.29. The van der Waals surface area contributed by atoms with Gasteiger partial charge in [0.1, 0.15) is 11.4 Å². The van der Waals surface area contributed by atoms with Crippen molar-refractivity contribution in [1.29, 1.82) is 0 Å². The molecule has 0 bridgehead atoms. The van der Waals surface area contributed by atoms with Crippen molar-refractivity contribution in [2.24, 2.45) is 0 Å². The average Bonchev–Trinajstić information content (AvgIpc) is 2.98. The molecule has 7 heteroatoms. The van der Waals surface area contributed by atoms with Gasteiger partial charge in [-0.1, -0.05) is 29.8 Å². The molecular formula is C20H17ClFNO4. The minimum atomic E-state index is -0.706. The minimum Gasteiger partial charge on any atom is -0.469 e. The number of benzene rings is 2. The maximum Gasteiger partial charge on any atom is 0.307 e. The number of carbonyl (C=O) groups is 2. The molecule has 27 heavy (non-hydrogen) atoms. The van der Waals surface area contributed by atoms with Crippen molar-refractivity contribution in [3.63, 3.8) is 0 Å². The largest absolute Gasteiger partial charge is 0.469 e. The van der Waals surface area contributed by atoms with Crippen molar-refractivity contribution in [3.8, 4) is 0 Å². The Balaban J connectivity index is 1.94. The molecule has 1 heterocycles. The van der Waals surface area contributed by atoms with Crippen LogP contribution in [0.2, 0.25) is 5.02 Å². The van der Waals surface area contributed by atoms with Crippen LogP contribution in [0.5, 0.6) is 0 Å². The summed E-state index contributed by atoms with van der Waals surface area (Å²) in [5.41, 5.74) is 1.50. The summed E-state index contributed by atoms with van der Waals surface area (Å²) < 4.78 is 23.8. The Morgan fingerprint density at radius 2 is 2.00 bits per heavy atom. The van der Waals surface area contributed by atoms with E-state index in [-0.39, 0.29) is 12.2 Å². The van der Waals surface area contributed by atoms with E-state index in [9.17, 15) is 14.0 Å². The number of fused-ring (bicyclic) bond motifs is 1. The summed E-state index contributed by atoms with van der Waals surface area (Å²) in [6.45, 7) is 1.67. The van der Waals surface area contributed by atoms with Gasteiger partial charge in [0.05, 0.1) is 19.6 Å². The molecule has 1 amide bonds. The fraction of sp³-hybridized carbons (Fsp3) is 0.200. The second kappa shape index (κ2) is 7.80. The highest BCUT2D eigenvalue weighted by Gasteiger charge is 2.25. The van der Waals surface area contributed by atoms with Crippen molar-refractivity contribution >= 4 is 34.4 Å². The quantitative estimate of drug-likeness (QED) is 0.649. The summed E-state index contributed by atoms with van der Waals surface area (Å²) in [4.78, 5) is 24.6. The Kier molecular flexibility index (Phi) is 5.46. The Morgan fingerprint density at radius 1 is 1.26 bits per heavy atom. The Hall–Kier alpha value is -2.86. The van der Waals surface area contributed by atoms with Crippen molar-refractivity contribution in [1.82, 2.24) is 5.32 Å². The van der Waals surface area contributed by atoms with E-state index in [1.807, 2.05) is 0 Å². The molecule has 3 aromatic rings. The van der Waals surface area contributed by atoms with Crippen LogP contribution in [-0.4, -0.2) is 19.0 Å². The van der Waals surface area contributed by atoms with E-state index in [0.29, 0.717) is 27.1 Å². The van der Waals surface area contributed by atoms with Gasteiger partial charge in [-0.05, 0) is 36.8 Å². The smallest absolute Gasteiger partial charge is 0.307 e. The van der Waals surface area contributed by atoms with E-state index >= 15 is 0 Å². The number of furan rings is 1. The third kappa shape index (κ3) is 3.95. The summed E-state index contributed by atoms with van der Waals surface area (Å²) in [5.74, 6) is -1.39. The summed E-state index contributed by atoms with van der Waals surface area (Å²) in [5, 5.41) is 3.69. The van der Waals surface area contributed by atoms with Gasteiger partial charge in [0.15, 0.2) is 5.76 Å².